The van der Waals surface area contributed by atoms with Gasteiger partial charge in [0.1, 0.15) is 6.23 Å². The van der Waals surface area contributed by atoms with E-state index in [0.29, 0.717) is 0 Å². The van der Waals surface area contributed by atoms with E-state index in [0.717, 1.165) is 6.42 Å². The Morgan fingerprint density at radius 2 is 2.09 bits per heavy atom. The largest absolute Gasteiger partial charge is 0.365 e. The zero-order valence-electron chi connectivity index (χ0n) is 7.87. The predicted octanol–water partition coefficient (Wildman–Crippen LogP) is 1.29. The minimum atomic E-state index is 0.137. The Kier molecular flexibility index (Phi) is 4.90. The Morgan fingerprint density at radius 1 is 1.55 bits per heavy atom. The summed E-state index contributed by atoms with van der Waals surface area (Å²) in [6.45, 7) is 5.75. The van der Waals surface area contributed by atoms with Gasteiger partial charge in [0.15, 0.2) is 0 Å². The predicted molar refractivity (Wildman–Crippen MR) is 46.8 cm³/mol. The quantitative estimate of drug-likeness (QED) is 0.443. The van der Waals surface area contributed by atoms with Gasteiger partial charge in [0.2, 0.25) is 0 Å². The fraction of sp³-hybridized carbons (Fsp3) is 0.750. The lowest BCUT2D eigenvalue weighted by Gasteiger charge is -2.32. The van der Waals surface area contributed by atoms with Crippen molar-refractivity contribution in [2.75, 3.05) is 21.2 Å². The van der Waals surface area contributed by atoms with Crippen molar-refractivity contribution in [3.05, 3.63) is 12.8 Å². The van der Waals surface area contributed by atoms with Crippen LogP contribution in [0.1, 0.15) is 13.3 Å². The van der Waals surface area contributed by atoms with Crippen LogP contribution in [0, 0.1) is 0 Å². The SMILES string of the molecule is C=CN(C)N(C)C(CC)OC. The summed E-state index contributed by atoms with van der Waals surface area (Å²) in [5, 5.41) is 3.89. The lowest BCUT2D eigenvalue weighted by atomic mass is 10.4. The summed E-state index contributed by atoms with van der Waals surface area (Å²) < 4.78 is 5.22. The molecule has 0 rings (SSSR count). The summed E-state index contributed by atoms with van der Waals surface area (Å²) in [6, 6.07) is 0. The first-order chi connectivity index (χ1) is 5.17. The molecule has 3 nitrogen and oxygen atoms in total. The van der Waals surface area contributed by atoms with Gasteiger partial charge in [-0.2, -0.15) is 5.01 Å². The molecule has 66 valence electrons. The van der Waals surface area contributed by atoms with Gasteiger partial charge in [-0.1, -0.05) is 13.5 Å². The van der Waals surface area contributed by atoms with E-state index in [4.69, 9.17) is 4.74 Å². The second-order valence-corrected chi connectivity index (χ2v) is 2.43. The Balaban J connectivity index is 3.95. The second-order valence-electron chi connectivity index (χ2n) is 2.43. The standard InChI is InChI=1S/C8H18N2O/c1-6-8(11-5)10(4)9(3)7-2/h7-8H,2,6H2,1,3-5H3. The van der Waals surface area contributed by atoms with Crippen molar-refractivity contribution in [1.29, 1.82) is 0 Å². The minimum Gasteiger partial charge on any atom is -0.365 e. The molecule has 0 fully saturated rings. The number of hydrogen-bond acceptors (Lipinski definition) is 3. The molecule has 0 spiro atoms. The second kappa shape index (κ2) is 5.16. The molecule has 0 saturated heterocycles. The molecule has 0 aliphatic heterocycles. The van der Waals surface area contributed by atoms with Gasteiger partial charge in [-0.15, -0.1) is 0 Å². The summed E-state index contributed by atoms with van der Waals surface area (Å²) in [6.07, 6.45) is 2.85. The van der Waals surface area contributed by atoms with E-state index in [9.17, 15) is 0 Å². The number of methoxy groups -OCH3 is 1. The third-order valence-corrected chi connectivity index (χ3v) is 1.80. The van der Waals surface area contributed by atoms with Crippen LogP contribution >= 0.6 is 0 Å². The van der Waals surface area contributed by atoms with Crippen molar-refractivity contribution in [2.45, 2.75) is 19.6 Å². The van der Waals surface area contributed by atoms with Gasteiger partial charge in [-0.05, 0) is 6.42 Å². The summed E-state index contributed by atoms with van der Waals surface area (Å²) in [5.41, 5.74) is 0. The van der Waals surface area contributed by atoms with Gasteiger partial charge in [-0.25, -0.2) is 0 Å². The minimum absolute atomic E-state index is 0.137. The number of hydrogen-bond donors (Lipinski definition) is 0. The summed E-state index contributed by atoms with van der Waals surface area (Å²) in [5.74, 6) is 0. The van der Waals surface area contributed by atoms with Crippen molar-refractivity contribution in [3.8, 4) is 0 Å². The molecule has 1 unspecified atom stereocenters. The Hall–Kier alpha value is -0.540. The molecule has 0 saturated carbocycles. The molecule has 0 radical (unpaired) electrons. The molecule has 11 heavy (non-hydrogen) atoms. The maximum atomic E-state index is 5.22. The number of hydrazine groups is 1. The first-order valence-corrected chi connectivity index (χ1v) is 3.78. The third-order valence-electron chi connectivity index (χ3n) is 1.80. The highest BCUT2D eigenvalue weighted by Gasteiger charge is 2.12. The molecule has 0 aromatic rings. The highest BCUT2D eigenvalue weighted by molar-refractivity contribution is 4.64. The maximum Gasteiger partial charge on any atom is 0.126 e. The zero-order chi connectivity index (χ0) is 8.85. The van der Waals surface area contributed by atoms with Crippen LogP contribution in [0.2, 0.25) is 0 Å². The number of ether oxygens (including phenoxy) is 1. The Labute approximate surface area is 69.2 Å². The molecule has 0 heterocycles. The average molecular weight is 158 g/mol. The van der Waals surface area contributed by atoms with Gasteiger partial charge in [0.25, 0.3) is 0 Å². The first kappa shape index (κ1) is 10.5. The third kappa shape index (κ3) is 2.91. The number of rotatable bonds is 5. The smallest absolute Gasteiger partial charge is 0.126 e. The summed E-state index contributed by atoms with van der Waals surface area (Å²) in [7, 11) is 5.62. The fourth-order valence-electron chi connectivity index (χ4n) is 0.915. The van der Waals surface area contributed by atoms with Gasteiger partial charge < -0.3 is 9.75 Å². The van der Waals surface area contributed by atoms with E-state index in [1.807, 2.05) is 24.1 Å². The highest BCUT2D eigenvalue weighted by atomic mass is 16.5. The van der Waals surface area contributed by atoms with Crippen LogP contribution in [0.5, 0.6) is 0 Å². The number of nitrogens with zero attached hydrogens (tertiary/aromatic N) is 2. The van der Waals surface area contributed by atoms with Crippen molar-refractivity contribution < 1.29 is 4.74 Å². The highest BCUT2D eigenvalue weighted by Crippen LogP contribution is 2.04. The van der Waals surface area contributed by atoms with E-state index >= 15 is 0 Å². The fourth-order valence-corrected chi connectivity index (χ4v) is 0.915. The molecule has 0 amide bonds. The van der Waals surface area contributed by atoms with Crippen LogP contribution in [0.25, 0.3) is 0 Å². The first-order valence-electron chi connectivity index (χ1n) is 3.78. The van der Waals surface area contributed by atoms with Crippen LogP contribution in [0.3, 0.4) is 0 Å². The topological polar surface area (TPSA) is 15.7 Å². The van der Waals surface area contributed by atoms with E-state index in [1.54, 1.807) is 13.3 Å². The van der Waals surface area contributed by atoms with Crippen molar-refractivity contribution in [1.82, 2.24) is 10.0 Å². The van der Waals surface area contributed by atoms with Crippen LogP contribution in [-0.4, -0.2) is 37.5 Å². The lowest BCUT2D eigenvalue weighted by Crippen LogP contribution is -2.41. The average Bonchev–Trinajstić information content (AvgIpc) is 2.05. The molecular weight excluding hydrogens is 140 g/mol. The molecule has 0 aromatic heterocycles. The molecule has 0 aromatic carbocycles. The molecule has 0 aliphatic rings. The van der Waals surface area contributed by atoms with E-state index in [-0.39, 0.29) is 6.23 Å². The van der Waals surface area contributed by atoms with Crippen LogP contribution < -0.4 is 0 Å². The van der Waals surface area contributed by atoms with E-state index in [2.05, 4.69) is 13.5 Å². The van der Waals surface area contributed by atoms with Crippen molar-refractivity contribution in [3.63, 3.8) is 0 Å². The van der Waals surface area contributed by atoms with Crippen LogP contribution in [-0.2, 0) is 4.74 Å². The van der Waals surface area contributed by atoms with Gasteiger partial charge >= 0.3 is 0 Å². The molecule has 0 N–H and O–H groups in total. The van der Waals surface area contributed by atoms with E-state index < -0.39 is 0 Å². The molecule has 0 aliphatic carbocycles. The van der Waals surface area contributed by atoms with Crippen molar-refractivity contribution in [2.24, 2.45) is 0 Å². The van der Waals surface area contributed by atoms with Gasteiger partial charge in [0.05, 0.1) is 0 Å². The van der Waals surface area contributed by atoms with Crippen LogP contribution in [0.15, 0.2) is 12.8 Å². The maximum absolute atomic E-state index is 5.22. The molecule has 3 heteroatoms. The molecule has 1 atom stereocenters. The monoisotopic (exact) mass is 158 g/mol. The summed E-state index contributed by atoms with van der Waals surface area (Å²) in [4.78, 5) is 0. The van der Waals surface area contributed by atoms with Gasteiger partial charge in [0, 0.05) is 27.4 Å². The van der Waals surface area contributed by atoms with Crippen LogP contribution in [0.4, 0.5) is 0 Å². The molecular formula is C8H18N2O. The Morgan fingerprint density at radius 3 is 2.36 bits per heavy atom. The Bertz CT molecular complexity index is 113. The van der Waals surface area contributed by atoms with Gasteiger partial charge in [-0.3, -0.25) is 0 Å². The zero-order valence-corrected chi connectivity index (χ0v) is 7.87. The van der Waals surface area contributed by atoms with E-state index in [1.165, 1.54) is 0 Å². The lowest BCUT2D eigenvalue weighted by molar-refractivity contribution is -0.106. The normalized spacial score (nSPS) is 13.2. The molecule has 0 bridgehead atoms. The van der Waals surface area contributed by atoms with Crippen molar-refractivity contribution >= 4 is 0 Å². The summed E-state index contributed by atoms with van der Waals surface area (Å²) >= 11 is 0.